The van der Waals surface area contributed by atoms with Crippen LogP contribution in [0.5, 0.6) is 0 Å². The molecule has 1 N–H and O–H groups in total. The van der Waals surface area contributed by atoms with Crippen molar-refractivity contribution < 1.29 is 18.8 Å². The average molecular weight is 409 g/mol. The van der Waals surface area contributed by atoms with Gasteiger partial charge in [-0.05, 0) is 36.0 Å². The van der Waals surface area contributed by atoms with Gasteiger partial charge in [-0.2, -0.15) is 0 Å². The highest BCUT2D eigenvalue weighted by Crippen LogP contribution is 2.33. The topological polar surface area (TPSA) is 71.4 Å². The maximum Gasteiger partial charge on any atom is 0.294 e. The number of halogens is 1. The van der Waals surface area contributed by atoms with E-state index in [4.69, 9.17) is 0 Å². The maximum atomic E-state index is 13.7. The molecule has 1 aliphatic heterocycles. The highest BCUT2D eigenvalue weighted by atomic mass is 32.2. The van der Waals surface area contributed by atoms with Crippen LogP contribution >= 0.6 is 11.8 Å². The van der Waals surface area contributed by atoms with Crippen LogP contribution in [-0.2, 0) is 16.6 Å². The van der Waals surface area contributed by atoms with Crippen LogP contribution in [0.15, 0.2) is 59.6 Å². The van der Waals surface area contributed by atoms with Gasteiger partial charge in [0.2, 0.25) is 5.91 Å². The van der Waals surface area contributed by atoms with E-state index in [1.54, 1.807) is 12.1 Å². The number of rotatable bonds is 4. The van der Waals surface area contributed by atoms with Crippen molar-refractivity contribution in [2.45, 2.75) is 0 Å². The molecular formula is C21H16FN3O3S. The Hall–Kier alpha value is -3.39. The Kier molecular flexibility index (Phi) is 4.94. The first kappa shape index (κ1) is 18.9. The van der Waals surface area contributed by atoms with E-state index in [9.17, 15) is 18.8 Å². The maximum absolute atomic E-state index is 13.7. The normalized spacial score (nSPS) is 15.5. The summed E-state index contributed by atoms with van der Waals surface area (Å²) >= 11 is 0.781. The molecular weight excluding hydrogens is 393 g/mol. The van der Waals surface area contributed by atoms with E-state index in [1.165, 1.54) is 18.2 Å². The summed E-state index contributed by atoms with van der Waals surface area (Å²) in [6, 6.07) is 13.4. The highest BCUT2D eigenvalue weighted by Gasteiger charge is 2.36. The lowest BCUT2D eigenvalue weighted by atomic mass is 10.1. The third-order valence-corrected chi connectivity index (χ3v) is 5.45. The minimum Gasteiger partial charge on any atom is -0.350 e. The molecule has 1 saturated heterocycles. The summed E-state index contributed by atoms with van der Waals surface area (Å²) in [7, 11) is 1.90. The zero-order valence-corrected chi connectivity index (χ0v) is 16.2. The van der Waals surface area contributed by atoms with E-state index >= 15 is 0 Å². The first-order valence-electron chi connectivity index (χ1n) is 8.78. The monoisotopic (exact) mass is 409 g/mol. The van der Waals surface area contributed by atoms with Gasteiger partial charge in [-0.3, -0.25) is 19.3 Å². The first-order valence-corrected chi connectivity index (χ1v) is 9.59. The van der Waals surface area contributed by atoms with E-state index in [0.717, 1.165) is 33.1 Å². The number of benzene rings is 2. The van der Waals surface area contributed by atoms with Gasteiger partial charge in [0.15, 0.2) is 0 Å². The fraction of sp³-hybridized carbons (Fsp3) is 0.0952. The number of aryl methyl sites for hydroxylation is 1. The van der Waals surface area contributed by atoms with Crippen molar-refractivity contribution in [3.63, 3.8) is 0 Å². The van der Waals surface area contributed by atoms with Crippen molar-refractivity contribution in [3.8, 4) is 0 Å². The van der Waals surface area contributed by atoms with Gasteiger partial charge in [-0.25, -0.2) is 4.39 Å². The fourth-order valence-corrected chi connectivity index (χ4v) is 3.99. The SMILES string of the molecule is Cn1cc(C=C2SC(=O)N(CC(=O)Nc3ccccc3F)C2=O)c2ccccc21. The molecule has 4 rings (SSSR count). The van der Waals surface area contributed by atoms with E-state index in [-0.39, 0.29) is 10.6 Å². The molecule has 0 spiro atoms. The number of carbonyl (C=O) groups excluding carboxylic acids is 3. The second kappa shape index (κ2) is 7.56. The standard InChI is InChI=1S/C21H16FN3O3S/c1-24-11-13(14-6-2-5-9-17(14)24)10-18-20(27)25(21(28)29-18)12-19(26)23-16-8-4-3-7-15(16)22/h2-11H,12H2,1H3,(H,23,26). The molecule has 6 nitrogen and oxygen atoms in total. The lowest BCUT2D eigenvalue weighted by Crippen LogP contribution is -2.36. The summed E-state index contributed by atoms with van der Waals surface area (Å²) in [5, 5.41) is 2.80. The first-order chi connectivity index (χ1) is 13.9. The molecule has 29 heavy (non-hydrogen) atoms. The van der Waals surface area contributed by atoms with E-state index in [2.05, 4.69) is 5.32 Å². The largest absolute Gasteiger partial charge is 0.350 e. The lowest BCUT2D eigenvalue weighted by Gasteiger charge is -2.12. The quantitative estimate of drug-likeness (QED) is 0.662. The molecule has 3 aromatic rings. The number of nitrogens with zero attached hydrogens (tertiary/aromatic N) is 2. The molecule has 3 amide bonds. The van der Waals surface area contributed by atoms with Gasteiger partial charge in [-0.1, -0.05) is 30.3 Å². The number of para-hydroxylation sites is 2. The summed E-state index contributed by atoms with van der Waals surface area (Å²) < 4.78 is 15.6. The number of aromatic nitrogens is 1. The third kappa shape index (κ3) is 3.66. The Labute approximate surface area is 170 Å². The Morgan fingerprint density at radius 3 is 2.66 bits per heavy atom. The molecule has 1 fully saturated rings. The molecule has 146 valence electrons. The molecule has 0 radical (unpaired) electrons. The molecule has 0 bridgehead atoms. The Morgan fingerprint density at radius 2 is 1.86 bits per heavy atom. The predicted octanol–water partition coefficient (Wildman–Crippen LogP) is 3.99. The summed E-state index contributed by atoms with van der Waals surface area (Å²) in [5.74, 6) is -1.79. The molecule has 1 aromatic heterocycles. The van der Waals surface area contributed by atoms with Crippen LogP contribution in [0.25, 0.3) is 17.0 Å². The van der Waals surface area contributed by atoms with Crippen LogP contribution in [0.1, 0.15) is 5.56 Å². The fourth-order valence-electron chi connectivity index (χ4n) is 3.16. The van der Waals surface area contributed by atoms with Gasteiger partial charge >= 0.3 is 0 Å². The number of amides is 3. The molecule has 8 heteroatoms. The van der Waals surface area contributed by atoms with Crippen LogP contribution in [-0.4, -0.2) is 33.1 Å². The van der Waals surface area contributed by atoms with Crippen LogP contribution < -0.4 is 5.32 Å². The molecule has 2 heterocycles. The number of hydrogen-bond acceptors (Lipinski definition) is 4. The number of fused-ring (bicyclic) bond motifs is 1. The molecule has 0 saturated carbocycles. The number of carbonyl (C=O) groups is 3. The van der Waals surface area contributed by atoms with Crippen molar-refractivity contribution >= 4 is 51.5 Å². The van der Waals surface area contributed by atoms with Crippen LogP contribution in [0, 0.1) is 5.82 Å². The van der Waals surface area contributed by atoms with Gasteiger partial charge in [0.25, 0.3) is 11.1 Å². The number of imide groups is 1. The van der Waals surface area contributed by atoms with Crippen molar-refractivity contribution in [2.75, 3.05) is 11.9 Å². The summed E-state index contributed by atoms with van der Waals surface area (Å²) in [6.07, 6.45) is 3.53. The lowest BCUT2D eigenvalue weighted by molar-refractivity contribution is -0.127. The smallest absolute Gasteiger partial charge is 0.294 e. The summed E-state index contributed by atoms with van der Waals surface area (Å²) in [6.45, 7) is -0.480. The van der Waals surface area contributed by atoms with Gasteiger partial charge in [0.05, 0.1) is 10.6 Å². The highest BCUT2D eigenvalue weighted by molar-refractivity contribution is 8.18. The Morgan fingerprint density at radius 1 is 1.14 bits per heavy atom. The number of hydrogen-bond donors (Lipinski definition) is 1. The third-order valence-electron chi connectivity index (χ3n) is 4.54. The predicted molar refractivity (Wildman–Crippen MR) is 111 cm³/mol. The molecule has 2 aromatic carbocycles. The second-order valence-corrected chi connectivity index (χ2v) is 7.50. The number of thioether (sulfide) groups is 1. The van der Waals surface area contributed by atoms with Crippen molar-refractivity contribution in [1.82, 2.24) is 9.47 Å². The number of nitrogens with one attached hydrogen (secondary N) is 1. The Balaban J connectivity index is 1.53. The second-order valence-electron chi connectivity index (χ2n) is 6.51. The van der Waals surface area contributed by atoms with Gasteiger partial charge in [0, 0.05) is 29.7 Å². The Bertz CT molecular complexity index is 1180. The summed E-state index contributed by atoms with van der Waals surface area (Å²) in [4.78, 5) is 38.2. The average Bonchev–Trinajstić information content (AvgIpc) is 3.15. The molecule has 0 aliphatic carbocycles. The van der Waals surface area contributed by atoms with E-state index in [0.29, 0.717) is 0 Å². The zero-order chi connectivity index (χ0) is 20.5. The minimum absolute atomic E-state index is 0.00392. The van der Waals surface area contributed by atoms with Gasteiger partial charge in [-0.15, -0.1) is 0 Å². The zero-order valence-electron chi connectivity index (χ0n) is 15.4. The molecule has 1 aliphatic rings. The van der Waals surface area contributed by atoms with Crippen molar-refractivity contribution in [3.05, 3.63) is 71.0 Å². The molecule has 0 atom stereocenters. The number of anilines is 1. The van der Waals surface area contributed by atoms with Crippen molar-refractivity contribution in [2.24, 2.45) is 7.05 Å². The van der Waals surface area contributed by atoms with Crippen LogP contribution in [0.4, 0.5) is 14.9 Å². The van der Waals surface area contributed by atoms with E-state index in [1.807, 2.05) is 42.1 Å². The van der Waals surface area contributed by atoms with Crippen LogP contribution in [0.2, 0.25) is 0 Å². The van der Waals surface area contributed by atoms with Gasteiger partial charge in [0.1, 0.15) is 12.4 Å². The minimum atomic E-state index is -0.649. The van der Waals surface area contributed by atoms with E-state index < -0.39 is 29.4 Å². The summed E-state index contributed by atoms with van der Waals surface area (Å²) in [5.41, 5.74) is 1.81. The van der Waals surface area contributed by atoms with Crippen molar-refractivity contribution in [1.29, 1.82) is 0 Å². The van der Waals surface area contributed by atoms with Gasteiger partial charge < -0.3 is 9.88 Å². The van der Waals surface area contributed by atoms with Crippen LogP contribution in [0.3, 0.4) is 0 Å². The molecule has 0 unspecified atom stereocenters.